The van der Waals surface area contributed by atoms with E-state index in [0.717, 1.165) is 0 Å². The molecule has 0 bridgehead atoms. The Kier molecular flexibility index (Phi) is 2.01. The largest absolute Gasteiger partial charge is 0.122 e. The third-order valence-electron chi connectivity index (χ3n) is 1.94. The number of halogens is 1. The molecule has 1 heteroatoms. The second kappa shape index (κ2) is 3.16. The molecule has 0 amide bonds. The minimum Gasteiger partial charge on any atom is -0.122 e. The van der Waals surface area contributed by atoms with Gasteiger partial charge >= 0.3 is 0 Å². The fourth-order valence-corrected chi connectivity index (χ4v) is 1.51. The van der Waals surface area contributed by atoms with Gasteiger partial charge in [-0.15, -0.1) is 11.6 Å². The van der Waals surface area contributed by atoms with Crippen molar-refractivity contribution in [2.24, 2.45) is 0 Å². The highest BCUT2D eigenvalue weighted by Crippen LogP contribution is 2.25. The summed E-state index contributed by atoms with van der Waals surface area (Å²) in [6.45, 7) is 0. The number of fused-ring (bicyclic) bond motifs is 1. The van der Waals surface area contributed by atoms with Crippen molar-refractivity contribution in [2.45, 2.75) is 5.88 Å². The van der Waals surface area contributed by atoms with Crippen LogP contribution < -0.4 is 0 Å². The van der Waals surface area contributed by atoms with Gasteiger partial charge in [-0.25, -0.2) is 0 Å². The van der Waals surface area contributed by atoms with Gasteiger partial charge in [-0.3, -0.25) is 0 Å². The lowest BCUT2D eigenvalue weighted by molar-refractivity contribution is 1.46. The van der Waals surface area contributed by atoms with Crippen molar-refractivity contribution in [3.05, 3.63) is 48.0 Å². The molecule has 60 valence electrons. The van der Waals surface area contributed by atoms with Crippen molar-refractivity contribution in [2.75, 3.05) is 0 Å². The van der Waals surface area contributed by atoms with Crippen LogP contribution in [0.5, 0.6) is 0 Å². The second-order valence-corrected chi connectivity index (χ2v) is 3.09. The van der Waals surface area contributed by atoms with Crippen LogP contribution in [0.1, 0.15) is 5.56 Å². The molecule has 0 spiro atoms. The number of hydrogen-bond donors (Lipinski definition) is 0. The quantitative estimate of drug-likeness (QED) is 0.584. The Morgan fingerprint density at radius 1 is 0.917 bits per heavy atom. The summed E-state index contributed by atoms with van der Waals surface area (Å²) in [7, 11) is 0. The molecule has 0 saturated carbocycles. The highest BCUT2D eigenvalue weighted by molar-refractivity contribution is 6.17. The van der Waals surface area contributed by atoms with Crippen LogP contribution in [0.2, 0.25) is 0 Å². The lowest BCUT2D eigenvalue weighted by Crippen LogP contribution is -1.63. The Balaban J connectivity index is 2.61. The van der Waals surface area contributed by atoms with Gasteiger partial charge in [0.25, 0.3) is 0 Å². The molecule has 12 heavy (non-hydrogen) atoms. The first kappa shape index (κ1) is 7.63. The van der Waals surface area contributed by atoms with Crippen LogP contribution in [0.4, 0.5) is 0 Å². The molecule has 0 nitrogen and oxygen atoms in total. The standard InChI is InChI=1S/C11H9Cl/c12-8-9-6-10-4-2-1-3-5-11(10)7-9/h1-7H,8H2. The van der Waals surface area contributed by atoms with Gasteiger partial charge in [0, 0.05) is 5.88 Å². The molecule has 0 unspecified atom stereocenters. The SMILES string of the molecule is ClCc1cc2cccccc-2c1. The lowest BCUT2D eigenvalue weighted by atomic mass is 10.2. The zero-order valence-corrected chi connectivity index (χ0v) is 7.38. The van der Waals surface area contributed by atoms with Crippen molar-refractivity contribution in [1.82, 2.24) is 0 Å². The molecular weight excluding hydrogens is 168 g/mol. The number of hydrogen-bond acceptors (Lipinski definition) is 0. The fraction of sp³-hybridized carbons (Fsp3) is 0.0909. The molecule has 2 rings (SSSR count). The van der Waals surface area contributed by atoms with Crippen LogP contribution in [0.25, 0.3) is 11.1 Å². The minimum absolute atomic E-state index is 0.596. The van der Waals surface area contributed by atoms with Gasteiger partial charge < -0.3 is 0 Å². The maximum atomic E-state index is 5.73. The van der Waals surface area contributed by atoms with Crippen LogP contribution in [-0.4, -0.2) is 0 Å². The van der Waals surface area contributed by atoms with Gasteiger partial charge in [0.05, 0.1) is 0 Å². The summed E-state index contributed by atoms with van der Waals surface area (Å²) in [6.07, 6.45) is 0. The average molecular weight is 177 g/mol. The first-order valence-corrected chi connectivity index (χ1v) is 4.47. The molecule has 2 aliphatic carbocycles. The van der Waals surface area contributed by atoms with Gasteiger partial charge in [0.1, 0.15) is 0 Å². The van der Waals surface area contributed by atoms with Crippen molar-refractivity contribution < 1.29 is 0 Å². The van der Waals surface area contributed by atoms with Crippen LogP contribution >= 0.6 is 11.6 Å². The van der Waals surface area contributed by atoms with Gasteiger partial charge in [-0.2, -0.15) is 0 Å². The van der Waals surface area contributed by atoms with E-state index in [0.29, 0.717) is 5.88 Å². The Labute approximate surface area is 77.1 Å². The molecule has 0 aromatic carbocycles. The topological polar surface area (TPSA) is 0 Å². The van der Waals surface area contributed by atoms with Crippen LogP contribution in [0.15, 0.2) is 42.5 Å². The molecule has 0 heterocycles. The molecule has 0 atom stereocenters. The third-order valence-corrected chi connectivity index (χ3v) is 2.25. The van der Waals surface area contributed by atoms with E-state index < -0.39 is 0 Å². The van der Waals surface area contributed by atoms with E-state index in [1.54, 1.807) is 0 Å². The Morgan fingerprint density at radius 2 is 1.50 bits per heavy atom. The first-order chi connectivity index (χ1) is 5.90. The smallest absolute Gasteiger partial charge is 0.0474 e. The van der Waals surface area contributed by atoms with Crippen LogP contribution in [0.3, 0.4) is 0 Å². The van der Waals surface area contributed by atoms with Gasteiger partial charge in [-0.05, 0) is 28.8 Å². The van der Waals surface area contributed by atoms with Crippen molar-refractivity contribution in [1.29, 1.82) is 0 Å². The molecule has 0 radical (unpaired) electrons. The van der Waals surface area contributed by atoms with E-state index in [1.165, 1.54) is 16.7 Å². The molecule has 0 aromatic rings. The maximum absolute atomic E-state index is 5.73. The van der Waals surface area contributed by atoms with Gasteiger partial charge in [0.15, 0.2) is 0 Å². The van der Waals surface area contributed by atoms with Crippen molar-refractivity contribution in [3.63, 3.8) is 0 Å². The van der Waals surface area contributed by atoms with Crippen molar-refractivity contribution in [3.8, 4) is 11.1 Å². The molecule has 0 aromatic heterocycles. The monoisotopic (exact) mass is 176 g/mol. The first-order valence-electron chi connectivity index (χ1n) is 3.94. The summed E-state index contributed by atoms with van der Waals surface area (Å²) in [4.78, 5) is 0. The van der Waals surface area contributed by atoms with E-state index >= 15 is 0 Å². The second-order valence-electron chi connectivity index (χ2n) is 2.82. The summed E-state index contributed by atoms with van der Waals surface area (Å²) in [5.41, 5.74) is 3.71. The highest BCUT2D eigenvalue weighted by Gasteiger charge is 2.02. The van der Waals surface area contributed by atoms with Crippen molar-refractivity contribution >= 4 is 11.6 Å². The zero-order chi connectivity index (χ0) is 8.39. The predicted octanol–water partition coefficient (Wildman–Crippen LogP) is 3.53. The summed E-state index contributed by atoms with van der Waals surface area (Å²) < 4.78 is 0. The predicted molar refractivity (Wildman–Crippen MR) is 52.6 cm³/mol. The van der Waals surface area contributed by atoms with E-state index in [2.05, 4.69) is 24.3 Å². The normalized spacial score (nSPS) is 10.4. The minimum atomic E-state index is 0.596. The molecule has 0 fully saturated rings. The molecule has 0 saturated heterocycles. The average Bonchev–Trinajstić information content (AvgIpc) is 2.37. The molecule has 0 N–H and O–H groups in total. The van der Waals surface area contributed by atoms with E-state index in [4.69, 9.17) is 11.6 Å². The van der Waals surface area contributed by atoms with Gasteiger partial charge in [0.2, 0.25) is 0 Å². The number of rotatable bonds is 1. The lowest BCUT2D eigenvalue weighted by Gasteiger charge is -1.85. The molecular formula is C11H9Cl. The molecule has 2 aliphatic rings. The van der Waals surface area contributed by atoms with Crippen LogP contribution in [-0.2, 0) is 5.88 Å². The number of alkyl halides is 1. The fourth-order valence-electron chi connectivity index (χ4n) is 1.36. The summed E-state index contributed by atoms with van der Waals surface area (Å²) in [5.74, 6) is 0.596. The zero-order valence-electron chi connectivity index (χ0n) is 6.63. The Hall–Kier alpha value is -1.01. The Bertz CT molecular complexity index is 323. The van der Waals surface area contributed by atoms with E-state index in [1.807, 2.05) is 18.2 Å². The highest BCUT2D eigenvalue weighted by atomic mass is 35.5. The third kappa shape index (κ3) is 1.30. The molecule has 0 aliphatic heterocycles. The van der Waals surface area contributed by atoms with E-state index in [9.17, 15) is 0 Å². The van der Waals surface area contributed by atoms with E-state index in [-0.39, 0.29) is 0 Å². The van der Waals surface area contributed by atoms with Gasteiger partial charge in [-0.1, -0.05) is 30.3 Å². The summed E-state index contributed by atoms with van der Waals surface area (Å²) in [5, 5.41) is 0. The summed E-state index contributed by atoms with van der Waals surface area (Å²) >= 11 is 5.73. The van der Waals surface area contributed by atoms with Crippen LogP contribution in [0, 0.1) is 0 Å². The summed E-state index contributed by atoms with van der Waals surface area (Å²) in [6, 6.07) is 14.6. The Morgan fingerprint density at radius 3 is 2.00 bits per heavy atom. The maximum Gasteiger partial charge on any atom is 0.0474 e.